The molecule has 1 heterocycles. The number of benzene rings is 3. The molecular weight excluding hydrogens is 386 g/mol. The number of nitrogens with one attached hydrogen (secondary N) is 2. The van der Waals surface area contributed by atoms with Crippen LogP contribution < -0.4 is 10.6 Å². The molecular formula is C23H18ClN3O2. The molecule has 0 saturated carbocycles. The molecule has 29 heavy (non-hydrogen) atoms. The summed E-state index contributed by atoms with van der Waals surface area (Å²) in [5.41, 5.74) is 3.99. The highest BCUT2D eigenvalue weighted by Crippen LogP contribution is 2.26. The van der Waals surface area contributed by atoms with Gasteiger partial charge in [-0.05, 0) is 35.9 Å². The van der Waals surface area contributed by atoms with E-state index in [1.807, 2.05) is 60.7 Å². The molecule has 1 aromatic heterocycles. The Morgan fingerprint density at radius 2 is 1.83 bits per heavy atom. The van der Waals surface area contributed by atoms with E-state index in [-0.39, 0.29) is 5.91 Å². The van der Waals surface area contributed by atoms with Gasteiger partial charge in [-0.2, -0.15) is 0 Å². The summed E-state index contributed by atoms with van der Waals surface area (Å²) in [5.74, 6) is 0.0770. The van der Waals surface area contributed by atoms with Crippen molar-refractivity contribution >= 4 is 46.1 Å². The van der Waals surface area contributed by atoms with Gasteiger partial charge in [0.1, 0.15) is 5.52 Å². The lowest BCUT2D eigenvalue weighted by atomic mass is 10.2. The molecule has 4 aromatic rings. The Balaban J connectivity index is 1.37. The molecule has 0 bridgehead atoms. The van der Waals surface area contributed by atoms with Crippen molar-refractivity contribution < 1.29 is 9.21 Å². The average Bonchev–Trinajstić information content (AvgIpc) is 3.15. The molecule has 5 nitrogen and oxygen atoms in total. The summed E-state index contributed by atoms with van der Waals surface area (Å²) >= 11 is 6.34. The van der Waals surface area contributed by atoms with E-state index in [1.165, 1.54) is 12.2 Å². The Morgan fingerprint density at radius 1 is 1.03 bits per heavy atom. The van der Waals surface area contributed by atoms with E-state index >= 15 is 0 Å². The van der Waals surface area contributed by atoms with Gasteiger partial charge in [-0.25, -0.2) is 4.98 Å². The molecule has 0 aliphatic heterocycles. The van der Waals surface area contributed by atoms with E-state index in [9.17, 15) is 4.79 Å². The predicted octanol–water partition coefficient (Wildman–Crippen LogP) is 5.75. The van der Waals surface area contributed by atoms with Crippen LogP contribution in [0.1, 0.15) is 11.5 Å². The number of halogens is 1. The highest BCUT2D eigenvalue weighted by Gasteiger charge is 2.05. The fourth-order valence-corrected chi connectivity index (χ4v) is 3.07. The third kappa shape index (κ3) is 4.83. The lowest BCUT2D eigenvalue weighted by molar-refractivity contribution is -0.111. The SMILES string of the molecule is O=C(/C=C/c1nc2ccccc2o1)Nc1ccc(NCc2ccccc2)c(Cl)c1. The number of hydrogen-bond donors (Lipinski definition) is 2. The van der Waals surface area contributed by atoms with Crippen LogP contribution in [0.15, 0.2) is 83.3 Å². The first kappa shape index (κ1) is 18.8. The number of aromatic nitrogens is 1. The van der Waals surface area contributed by atoms with Gasteiger partial charge in [0.15, 0.2) is 5.58 Å². The fourth-order valence-electron chi connectivity index (χ4n) is 2.82. The van der Waals surface area contributed by atoms with Crippen LogP contribution in [0.5, 0.6) is 0 Å². The topological polar surface area (TPSA) is 67.2 Å². The van der Waals surface area contributed by atoms with Crippen LogP contribution in [0.3, 0.4) is 0 Å². The monoisotopic (exact) mass is 403 g/mol. The second-order valence-corrected chi connectivity index (χ2v) is 6.78. The Morgan fingerprint density at radius 3 is 2.62 bits per heavy atom. The molecule has 0 aliphatic carbocycles. The summed E-state index contributed by atoms with van der Waals surface area (Å²) in [7, 11) is 0. The second-order valence-electron chi connectivity index (χ2n) is 6.38. The summed E-state index contributed by atoms with van der Waals surface area (Å²) in [6.45, 7) is 0.666. The maximum atomic E-state index is 12.2. The van der Waals surface area contributed by atoms with Gasteiger partial charge < -0.3 is 15.1 Å². The number of anilines is 2. The molecule has 0 fully saturated rings. The first-order valence-electron chi connectivity index (χ1n) is 9.09. The Hall–Kier alpha value is -3.57. The van der Waals surface area contributed by atoms with Crippen molar-refractivity contribution in [3.63, 3.8) is 0 Å². The van der Waals surface area contributed by atoms with Crippen LogP contribution in [0.25, 0.3) is 17.2 Å². The zero-order chi connectivity index (χ0) is 20.1. The van der Waals surface area contributed by atoms with E-state index in [4.69, 9.17) is 16.0 Å². The normalized spacial score (nSPS) is 11.1. The van der Waals surface area contributed by atoms with Gasteiger partial charge in [0, 0.05) is 24.4 Å². The lowest BCUT2D eigenvalue weighted by Gasteiger charge is -2.10. The van der Waals surface area contributed by atoms with E-state index < -0.39 is 0 Å². The number of carbonyl (C=O) groups is 1. The number of rotatable bonds is 6. The number of fused-ring (bicyclic) bond motifs is 1. The number of amides is 1. The molecule has 6 heteroatoms. The smallest absolute Gasteiger partial charge is 0.248 e. The molecule has 1 amide bonds. The number of para-hydroxylation sites is 2. The molecule has 0 saturated heterocycles. The first-order valence-corrected chi connectivity index (χ1v) is 9.47. The van der Waals surface area contributed by atoms with E-state index in [1.54, 1.807) is 12.1 Å². The van der Waals surface area contributed by atoms with Gasteiger partial charge in [0.05, 0.1) is 10.7 Å². The van der Waals surface area contributed by atoms with Crippen LogP contribution in [0.4, 0.5) is 11.4 Å². The Bertz CT molecular complexity index is 1140. The molecule has 144 valence electrons. The first-order chi connectivity index (χ1) is 14.2. The van der Waals surface area contributed by atoms with Crippen molar-refractivity contribution in [3.8, 4) is 0 Å². The number of hydrogen-bond acceptors (Lipinski definition) is 4. The van der Waals surface area contributed by atoms with Gasteiger partial charge in [0.2, 0.25) is 11.8 Å². The van der Waals surface area contributed by atoms with Crippen LogP contribution in [0.2, 0.25) is 5.02 Å². The summed E-state index contributed by atoms with van der Waals surface area (Å²) < 4.78 is 5.56. The molecule has 0 unspecified atom stereocenters. The summed E-state index contributed by atoms with van der Waals surface area (Å²) in [6.07, 6.45) is 2.91. The lowest BCUT2D eigenvalue weighted by Crippen LogP contribution is -2.08. The zero-order valence-corrected chi connectivity index (χ0v) is 16.2. The van der Waals surface area contributed by atoms with Crippen LogP contribution in [0, 0.1) is 0 Å². The van der Waals surface area contributed by atoms with Gasteiger partial charge in [-0.15, -0.1) is 0 Å². The van der Waals surface area contributed by atoms with E-state index in [2.05, 4.69) is 15.6 Å². The van der Waals surface area contributed by atoms with Gasteiger partial charge in [-0.1, -0.05) is 54.1 Å². The van der Waals surface area contributed by atoms with Crippen molar-refractivity contribution in [2.45, 2.75) is 6.54 Å². The summed E-state index contributed by atoms with van der Waals surface area (Å²) in [5, 5.41) is 6.60. The molecule has 0 spiro atoms. The Labute approximate surface area is 173 Å². The van der Waals surface area contributed by atoms with Gasteiger partial charge in [-0.3, -0.25) is 4.79 Å². The minimum absolute atomic E-state index is 0.298. The molecule has 3 aromatic carbocycles. The standard InChI is InChI=1S/C23H18ClN3O2/c24-18-14-17(10-11-19(18)25-15-16-6-2-1-3-7-16)26-22(28)12-13-23-27-20-8-4-5-9-21(20)29-23/h1-14,25H,15H2,(H,26,28)/b13-12+. The predicted molar refractivity (Wildman–Crippen MR) is 117 cm³/mol. The Kier molecular flexibility index (Phi) is 5.59. The van der Waals surface area contributed by atoms with Gasteiger partial charge >= 0.3 is 0 Å². The third-order valence-corrected chi connectivity index (χ3v) is 4.56. The van der Waals surface area contributed by atoms with Crippen molar-refractivity contribution in [1.82, 2.24) is 4.98 Å². The summed E-state index contributed by atoms with van der Waals surface area (Å²) in [6, 6.07) is 22.8. The van der Waals surface area contributed by atoms with Crippen molar-refractivity contribution in [1.29, 1.82) is 0 Å². The van der Waals surface area contributed by atoms with Crippen LogP contribution >= 0.6 is 11.6 Å². The number of carbonyl (C=O) groups excluding carboxylic acids is 1. The van der Waals surface area contributed by atoms with Crippen molar-refractivity contribution in [2.24, 2.45) is 0 Å². The van der Waals surface area contributed by atoms with Crippen LogP contribution in [-0.2, 0) is 11.3 Å². The quantitative estimate of drug-likeness (QED) is 0.402. The molecule has 2 N–H and O–H groups in total. The largest absolute Gasteiger partial charge is 0.437 e. The van der Waals surface area contributed by atoms with Crippen LogP contribution in [-0.4, -0.2) is 10.9 Å². The van der Waals surface area contributed by atoms with E-state index in [0.717, 1.165) is 16.8 Å². The summed E-state index contributed by atoms with van der Waals surface area (Å²) in [4.78, 5) is 16.5. The number of oxazole rings is 1. The van der Waals surface area contributed by atoms with Crippen molar-refractivity contribution in [2.75, 3.05) is 10.6 Å². The fraction of sp³-hybridized carbons (Fsp3) is 0.0435. The highest BCUT2D eigenvalue weighted by atomic mass is 35.5. The molecule has 0 atom stereocenters. The molecule has 4 rings (SSSR count). The number of nitrogens with zero attached hydrogens (tertiary/aromatic N) is 1. The maximum absolute atomic E-state index is 12.2. The minimum Gasteiger partial charge on any atom is -0.437 e. The average molecular weight is 404 g/mol. The highest BCUT2D eigenvalue weighted by molar-refractivity contribution is 6.33. The van der Waals surface area contributed by atoms with E-state index in [0.29, 0.717) is 28.7 Å². The molecule has 0 radical (unpaired) electrons. The molecule has 0 aliphatic rings. The third-order valence-electron chi connectivity index (χ3n) is 4.25. The van der Waals surface area contributed by atoms with Crippen molar-refractivity contribution in [3.05, 3.63) is 95.3 Å². The minimum atomic E-state index is -0.298. The zero-order valence-electron chi connectivity index (χ0n) is 15.4. The second kappa shape index (κ2) is 8.63. The maximum Gasteiger partial charge on any atom is 0.248 e. The van der Waals surface area contributed by atoms with Gasteiger partial charge in [0.25, 0.3) is 0 Å².